The van der Waals surface area contributed by atoms with Crippen LogP contribution in [0.25, 0.3) is 0 Å². The quantitative estimate of drug-likeness (QED) is 0.333. The van der Waals surface area contributed by atoms with E-state index in [0.29, 0.717) is 22.9 Å². The summed E-state index contributed by atoms with van der Waals surface area (Å²) in [7, 11) is 0. The molecule has 2 rings (SSSR count). The van der Waals surface area contributed by atoms with E-state index in [-0.39, 0.29) is 42.2 Å². The largest absolute Gasteiger partial charge is 0.357 e. The molecule has 2 atom stereocenters. The lowest BCUT2D eigenvalue weighted by Crippen LogP contribution is -2.43. The average molecular weight is 480 g/mol. The van der Waals surface area contributed by atoms with Gasteiger partial charge in [0.25, 0.3) is 0 Å². The molecular weight excluding hydrogens is 454 g/mol. The number of guanidine groups is 1. The van der Waals surface area contributed by atoms with Crippen molar-refractivity contribution in [1.29, 1.82) is 0 Å². The Labute approximate surface area is 170 Å². The lowest BCUT2D eigenvalue weighted by molar-refractivity contribution is -0.114. The molecule has 1 aromatic rings. The van der Waals surface area contributed by atoms with Crippen molar-refractivity contribution < 1.29 is 9.18 Å². The zero-order valence-corrected chi connectivity index (χ0v) is 17.7. The van der Waals surface area contributed by atoms with E-state index < -0.39 is 0 Å². The minimum absolute atomic E-state index is 0. The van der Waals surface area contributed by atoms with Crippen LogP contribution in [0, 0.1) is 5.82 Å². The lowest BCUT2D eigenvalue weighted by atomic mass is 10.2. The molecule has 1 saturated carbocycles. The minimum Gasteiger partial charge on any atom is -0.357 e. The predicted octanol–water partition coefficient (Wildman–Crippen LogP) is 3.22. The summed E-state index contributed by atoms with van der Waals surface area (Å²) in [5.41, 5.74) is 0.563. The zero-order chi connectivity index (χ0) is 17.4. The second-order valence-electron chi connectivity index (χ2n) is 5.76. The number of amides is 1. The number of aliphatic imine (C=N–C) groups is 1. The van der Waals surface area contributed by atoms with Crippen LogP contribution in [0.5, 0.6) is 0 Å². The van der Waals surface area contributed by atoms with E-state index in [4.69, 9.17) is 0 Å². The van der Waals surface area contributed by atoms with Gasteiger partial charge in [0.15, 0.2) is 5.96 Å². The zero-order valence-electron chi connectivity index (χ0n) is 14.5. The number of hydrogen-bond acceptors (Lipinski definition) is 3. The molecule has 0 aromatic heterocycles. The molecule has 140 valence electrons. The fourth-order valence-electron chi connectivity index (χ4n) is 2.68. The van der Waals surface area contributed by atoms with Gasteiger partial charge in [-0.15, -0.1) is 24.0 Å². The molecule has 0 heterocycles. The summed E-state index contributed by atoms with van der Waals surface area (Å²) in [6.45, 7) is 2.75. The van der Waals surface area contributed by atoms with E-state index in [1.807, 2.05) is 18.7 Å². The first-order valence-corrected chi connectivity index (χ1v) is 9.52. The highest BCUT2D eigenvalue weighted by molar-refractivity contribution is 14.0. The van der Waals surface area contributed by atoms with E-state index in [1.54, 1.807) is 0 Å². The highest BCUT2D eigenvalue weighted by Gasteiger charge is 2.24. The first-order valence-electron chi connectivity index (χ1n) is 8.23. The van der Waals surface area contributed by atoms with Gasteiger partial charge >= 0.3 is 0 Å². The van der Waals surface area contributed by atoms with Gasteiger partial charge in [0.05, 0.1) is 0 Å². The standard InChI is InChI=1S/C17H25FN4OS.HI/c1-3-19-17(22-14-8-9-15(10-14)24-2)20-11-16(23)21-13-6-4-12(18)5-7-13;/h4-7,14-15H,3,8-11H2,1-2H3,(H,21,23)(H2,19,20,22);1H. The Morgan fingerprint density at radius 2 is 2.04 bits per heavy atom. The van der Waals surface area contributed by atoms with Gasteiger partial charge in [0, 0.05) is 23.5 Å². The van der Waals surface area contributed by atoms with Gasteiger partial charge in [-0.3, -0.25) is 4.79 Å². The number of rotatable bonds is 6. The summed E-state index contributed by atoms with van der Waals surface area (Å²) in [6, 6.07) is 6.09. The summed E-state index contributed by atoms with van der Waals surface area (Å²) in [6.07, 6.45) is 5.60. The number of carbonyl (C=O) groups excluding carboxylic acids is 1. The Hall–Kier alpha value is -1.03. The van der Waals surface area contributed by atoms with E-state index in [1.165, 1.54) is 30.7 Å². The fourth-order valence-corrected chi connectivity index (χ4v) is 3.48. The monoisotopic (exact) mass is 480 g/mol. The van der Waals surface area contributed by atoms with Crippen molar-refractivity contribution in [2.75, 3.05) is 24.7 Å². The van der Waals surface area contributed by atoms with Crippen LogP contribution in [0.3, 0.4) is 0 Å². The van der Waals surface area contributed by atoms with E-state index >= 15 is 0 Å². The van der Waals surface area contributed by atoms with Crippen molar-refractivity contribution >= 4 is 53.3 Å². The molecule has 1 aliphatic carbocycles. The summed E-state index contributed by atoms with van der Waals surface area (Å²) in [5.74, 6) is 0.107. The van der Waals surface area contributed by atoms with Gasteiger partial charge in [-0.1, -0.05) is 0 Å². The van der Waals surface area contributed by atoms with Crippen molar-refractivity contribution in [2.24, 2.45) is 4.99 Å². The Kier molecular flexibility index (Phi) is 10.2. The molecule has 1 amide bonds. The van der Waals surface area contributed by atoms with Crippen LogP contribution in [-0.2, 0) is 4.79 Å². The first-order chi connectivity index (χ1) is 11.6. The van der Waals surface area contributed by atoms with Crippen molar-refractivity contribution in [3.05, 3.63) is 30.1 Å². The van der Waals surface area contributed by atoms with Crippen LogP contribution in [0.1, 0.15) is 26.2 Å². The molecule has 3 N–H and O–H groups in total. The third-order valence-electron chi connectivity index (χ3n) is 3.91. The smallest absolute Gasteiger partial charge is 0.246 e. The van der Waals surface area contributed by atoms with Crippen molar-refractivity contribution in [1.82, 2.24) is 10.6 Å². The Morgan fingerprint density at radius 3 is 2.64 bits per heavy atom. The molecule has 0 spiro atoms. The van der Waals surface area contributed by atoms with Crippen LogP contribution in [0.15, 0.2) is 29.3 Å². The SMILES string of the molecule is CCNC(=NCC(=O)Nc1ccc(F)cc1)NC1CCC(SC)C1.I. The van der Waals surface area contributed by atoms with E-state index in [9.17, 15) is 9.18 Å². The fraction of sp³-hybridized carbons (Fsp3) is 0.529. The third kappa shape index (κ3) is 7.81. The van der Waals surface area contributed by atoms with Crippen LogP contribution in [-0.4, -0.2) is 42.5 Å². The molecule has 5 nitrogen and oxygen atoms in total. The van der Waals surface area contributed by atoms with Crippen molar-refractivity contribution in [2.45, 2.75) is 37.5 Å². The molecule has 0 bridgehead atoms. The maximum Gasteiger partial charge on any atom is 0.246 e. The number of benzene rings is 1. The topological polar surface area (TPSA) is 65.5 Å². The molecule has 1 fully saturated rings. The van der Waals surface area contributed by atoms with Gasteiger partial charge in [-0.05, 0) is 56.7 Å². The van der Waals surface area contributed by atoms with Crippen molar-refractivity contribution in [3.8, 4) is 0 Å². The number of halogens is 2. The summed E-state index contributed by atoms with van der Waals surface area (Å²) >= 11 is 1.91. The third-order valence-corrected chi connectivity index (χ3v) is 5.01. The number of carbonyl (C=O) groups is 1. The van der Waals surface area contributed by atoms with Crippen LogP contribution in [0.2, 0.25) is 0 Å². The number of hydrogen-bond donors (Lipinski definition) is 3. The highest BCUT2D eigenvalue weighted by Crippen LogP contribution is 2.27. The van der Waals surface area contributed by atoms with Gasteiger partial charge < -0.3 is 16.0 Å². The molecule has 0 aliphatic heterocycles. The lowest BCUT2D eigenvalue weighted by Gasteiger charge is -2.17. The number of nitrogens with zero attached hydrogens (tertiary/aromatic N) is 1. The van der Waals surface area contributed by atoms with Crippen LogP contribution < -0.4 is 16.0 Å². The normalized spacial score (nSPS) is 19.9. The number of anilines is 1. The Bertz CT molecular complexity index is 570. The van der Waals surface area contributed by atoms with Crippen molar-refractivity contribution in [3.63, 3.8) is 0 Å². The second kappa shape index (κ2) is 11.6. The number of thioether (sulfide) groups is 1. The van der Waals surface area contributed by atoms with Crippen LogP contribution >= 0.6 is 35.7 Å². The average Bonchev–Trinajstić information content (AvgIpc) is 3.03. The van der Waals surface area contributed by atoms with E-state index in [0.717, 1.165) is 19.4 Å². The summed E-state index contributed by atoms with van der Waals surface area (Å²) in [4.78, 5) is 16.3. The van der Waals surface area contributed by atoms with Gasteiger partial charge in [0.1, 0.15) is 12.4 Å². The number of nitrogens with one attached hydrogen (secondary N) is 3. The predicted molar refractivity (Wildman–Crippen MR) is 115 cm³/mol. The molecule has 1 aromatic carbocycles. The van der Waals surface area contributed by atoms with Gasteiger partial charge in [0.2, 0.25) is 5.91 Å². The Morgan fingerprint density at radius 1 is 1.32 bits per heavy atom. The molecule has 1 aliphatic rings. The van der Waals surface area contributed by atoms with E-state index in [2.05, 4.69) is 27.2 Å². The molecule has 25 heavy (non-hydrogen) atoms. The summed E-state index contributed by atoms with van der Waals surface area (Å²) < 4.78 is 12.9. The Balaban J connectivity index is 0.00000312. The maximum atomic E-state index is 12.9. The van der Waals surface area contributed by atoms with Gasteiger partial charge in [-0.2, -0.15) is 11.8 Å². The maximum absolute atomic E-state index is 12.9. The molecule has 2 unspecified atom stereocenters. The molecule has 8 heteroatoms. The highest BCUT2D eigenvalue weighted by atomic mass is 127. The molecular formula is C17H26FIN4OS. The first kappa shape index (κ1) is 22.0. The van der Waals surface area contributed by atoms with Gasteiger partial charge in [-0.25, -0.2) is 9.38 Å². The minimum atomic E-state index is -0.329. The van der Waals surface area contributed by atoms with Crippen LogP contribution in [0.4, 0.5) is 10.1 Å². The second-order valence-corrected chi connectivity index (χ2v) is 6.90. The molecule has 0 saturated heterocycles. The molecule has 0 radical (unpaired) electrons. The summed E-state index contributed by atoms with van der Waals surface area (Å²) in [5, 5.41) is 9.98.